The van der Waals surface area contributed by atoms with Gasteiger partial charge in [0.15, 0.2) is 11.0 Å². The molecule has 1 aromatic carbocycles. The minimum Gasteiger partial charge on any atom is -0.355 e. The van der Waals surface area contributed by atoms with Crippen LogP contribution < -0.4 is 0 Å². The first kappa shape index (κ1) is 17.5. The molecule has 0 saturated carbocycles. The summed E-state index contributed by atoms with van der Waals surface area (Å²) in [5.41, 5.74) is 2.57. The number of aromatic nitrogens is 3. The molecule has 24 heavy (non-hydrogen) atoms. The fourth-order valence-corrected chi connectivity index (χ4v) is 3.59. The fraction of sp³-hybridized carbons (Fsp3) is 0.556. The second-order valence-corrected chi connectivity index (χ2v) is 8.09. The lowest BCUT2D eigenvalue weighted by molar-refractivity contribution is -0.130. The predicted molar refractivity (Wildman–Crippen MR) is 96.2 cm³/mol. The van der Waals surface area contributed by atoms with E-state index < -0.39 is 0 Å². The van der Waals surface area contributed by atoms with Crippen molar-refractivity contribution in [3.8, 4) is 11.4 Å². The van der Waals surface area contributed by atoms with Crippen molar-refractivity contribution in [2.24, 2.45) is 7.05 Å². The minimum absolute atomic E-state index is 0.156. The predicted octanol–water partition coefficient (Wildman–Crippen LogP) is 3.63. The summed E-state index contributed by atoms with van der Waals surface area (Å²) in [7, 11) is 2.01. The van der Waals surface area contributed by atoms with E-state index in [1.54, 1.807) is 11.8 Å². The highest BCUT2D eigenvalue weighted by atomic mass is 32.2. The van der Waals surface area contributed by atoms with Crippen LogP contribution in [0.5, 0.6) is 0 Å². The Kier molecular flexibility index (Phi) is 5.27. The summed E-state index contributed by atoms with van der Waals surface area (Å²) >= 11 is 1.69. The fourth-order valence-electron chi connectivity index (χ4n) is 2.61. The van der Waals surface area contributed by atoms with E-state index in [1.807, 2.05) is 7.05 Å². The molecule has 1 saturated heterocycles. The average Bonchev–Trinajstić information content (AvgIpc) is 2.94. The van der Waals surface area contributed by atoms with Gasteiger partial charge >= 0.3 is 0 Å². The van der Waals surface area contributed by atoms with Crippen LogP contribution in [0.3, 0.4) is 0 Å². The summed E-state index contributed by atoms with van der Waals surface area (Å²) in [4.78, 5) is 0. The number of rotatable bonds is 4. The quantitative estimate of drug-likeness (QED) is 0.791. The summed E-state index contributed by atoms with van der Waals surface area (Å²) < 4.78 is 12.8. The van der Waals surface area contributed by atoms with Gasteiger partial charge < -0.3 is 14.0 Å². The van der Waals surface area contributed by atoms with Gasteiger partial charge in [-0.3, -0.25) is 0 Å². The van der Waals surface area contributed by atoms with Crippen LogP contribution in [0.2, 0.25) is 0 Å². The van der Waals surface area contributed by atoms with E-state index >= 15 is 0 Å². The Morgan fingerprint density at radius 2 is 1.96 bits per heavy atom. The lowest BCUT2D eigenvalue weighted by Crippen LogP contribution is -2.25. The second-order valence-electron chi connectivity index (χ2n) is 7.11. The molecule has 1 fully saturated rings. The largest absolute Gasteiger partial charge is 0.355 e. The standard InChI is InChI=1S/C18H25N3O2S/c1-18(2,3)14-7-5-13(6-8-14)16-19-20-17(21(16)4)24-11-15-9-10-22-12-23-15/h5-8,15H,9-12H2,1-4H3/t15-/m1/s1. The van der Waals surface area contributed by atoms with E-state index in [1.165, 1.54) is 5.56 Å². The van der Waals surface area contributed by atoms with Crippen LogP contribution in [0.15, 0.2) is 29.4 Å². The average molecular weight is 347 g/mol. The van der Waals surface area contributed by atoms with Gasteiger partial charge in [0, 0.05) is 18.4 Å². The van der Waals surface area contributed by atoms with E-state index in [2.05, 4.69) is 59.8 Å². The molecule has 0 N–H and O–H groups in total. The van der Waals surface area contributed by atoms with Gasteiger partial charge in [0.05, 0.1) is 12.7 Å². The molecule has 0 bridgehead atoms. The van der Waals surface area contributed by atoms with Crippen molar-refractivity contribution in [1.82, 2.24) is 14.8 Å². The molecule has 130 valence electrons. The van der Waals surface area contributed by atoms with Crippen LogP contribution in [0.25, 0.3) is 11.4 Å². The van der Waals surface area contributed by atoms with Crippen molar-refractivity contribution < 1.29 is 9.47 Å². The van der Waals surface area contributed by atoms with Crippen LogP contribution in [0.4, 0.5) is 0 Å². The number of benzene rings is 1. The molecular formula is C18H25N3O2S. The van der Waals surface area contributed by atoms with E-state index in [-0.39, 0.29) is 11.5 Å². The number of hydrogen-bond donors (Lipinski definition) is 0. The molecule has 2 aromatic rings. The molecule has 1 aliphatic heterocycles. The van der Waals surface area contributed by atoms with Gasteiger partial charge in [0.1, 0.15) is 6.79 Å². The van der Waals surface area contributed by atoms with Crippen LogP contribution in [0, 0.1) is 0 Å². The Labute approximate surface area is 147 Å². The van der Waals surface area contributed by atoms with Crippen molar-refractivity contribution >= 4 is 11.8 Å². The molecule has 0 radical (unpaired) electrons. The molecule has 1 atom stereocenters. The topological polar surface area (TPSA) is 49.2 Å². The molecule has 0 unspecified atom stereocenters. The summed E-state index contributed by atoms with van der Waals surface area (Å²) in [5, 5.41) is 9.62. The maximum Gasteiger partial charge on any atom is 0.191 e. The Hall–Kier alpha value is -1.37. The van der Waals surface area contributed by atoms with Crippen LogP contribution in [0.1, 0.15) is 32.8 Å². The van der Waals surface area contributed by atoms with Crippen molar-refractivity contribution in [3.63, 3.8) is 0 Å². The smallest absolute Gasteiger partial charge is 0.191 e. The van der Waals surface area contributed by atoms with Gasteiger partial charge in [0.2, 0.25) is 0 Å². The Bertz CT molecular complexity index is 671. The zero-order chi connectivity index (χ0) is 17.2. The third-order valence-electron chi connectivity index (χ3n) is 4.21. The van der Waals surface area contributed by atoms with E-state index in [0.29, 0.717) is 6.79 Å². The maximum absolute atomic E-state index is 5.58. The lowest BCUT2D eigenvalue weighted by atomic mass is 9.87. The van der Waals surface area contributed by atoms with E-state index in [4.69, 9.17) is 9.47 Å². The molecular weight excluding hydrogens is 322 g/mol. The number of thioether (sulfide) groups is 1. The lowest BCUT2D eigenvalue weighted by Gasteiger charge is -2.22. The van der Waals surface area contributed by atoms with Gasteiger partial charge in [-0.25, -0.2) is 0 Å². The normalized spacial score (nSPS) is 18.8. The van der Waals surface area contributed by atoms with Crippen molar-refractivity contribution in [2.45, 2.75) is 43.9 Å². The van der Waals surface area contributed by atoms with Crippen LogP contribution in [-0.4, -0.2) is 40.0 Å². The van der Waals surface area contributed by atoms with Gasteiger partial charge in [0.25, 0.3) is 0 Å². The highest BCUT2D eigenvalue weighted by Crippen LogP contribution is 2.27. The first-order chi connectivity index (χ1) is 11.4. The molecule has 5 nitrogen and oxygen atoms in total. The van der Waals surface area contributed by atoms with Crippen LogP contribution >= 0.6 is 11.8 Å². The SMILES string of the molecule is Cn1c(SC[C@H]2CCOCO2)nnc1-c1ccc(C(C)(C)C)cc1. The zero-order valence-electron chi connectivity index (χ0n) is 14.8. The van der Waals surface area contributed by atoms with Crippen molar-refractivity contribution in [3.05, 3.63) is 29.8 Å². The Balaban J connectivity index is 1.70. The monoisotopic (exact) mass is 347 g/mol. The number of hydrogen-bond acceptors (Lipinski definition) is 5. The first-order valence-electron chi connectivity index (χ1n) is 8.27. The summed E-state index contributed by atoms with van der Waals surface area (Å²) in [6, 6.07) is 8.60. The number of nitrogens with zero attached hydrogens (tertiary/aromatic N) is 3. The molecule has 0 spiro atoms. The van der Waals surface area contributed by atoms with Crippen molar-refractivity contribution in [2.75, 3.05) is 19.2 Å². The maximum atomic E-state index is 5.58. The third kappa shape index (κ3) is 3.99. The highest BCUT2D eigenvalue weighted by Gasteiger charge is 2.18. The van der Waals surface area contributed by atoms with Gasteiger partial charge in [-0.05, 0) is 17.4 Å². The molecule has 2 heterocycles. The van der Waals surface area contributed by atoms with Gasteiger partial charge in [-0.1, -0.05) is 56.8 Å². The molecule has 6 heteroatoms. The third-order valence-corrected chi connectivity index (χ3v) is 5.37. The van der Waals surface area contributed by atoms with E-state index in [9.17, 15) is 0 Å². The Morgan fingerprint density at radius 3 is 2.58 bits per heavy atom. The van der Waals surface area contributed by atoms with Gasteiger partial charge in [-0.2, -0.15) is 0 Å². The molecule has 0 amide bonds. The summed E-state index contributed by atoms with van der Waals surface area (Å²) in [6.07, 6.45) is 1.17. The summed E-state index contributed by atoms with van der Waals surface area (Å²) in [6.45, 7) is 7.83. The summed E-state index contributed by atoms with van der Waals surface area (Å²) in [5.74, 6) is 1.77. The molecule has 1 aliphatic rings. The highest BCUT2D eigenvalue weighted by molar-refractivity contribution is 7.99. The molecule has 3 rings (SSSR count). The Morgan fingerprint density at radius 1 is 1.21 bits per heavy atom. The zero-order valence-corrected chi connectivity index (χ0v) is 15.6. The van der Waals surface area contributed by atoms with Crippen LogP contribution in [-0.2, 0) is 21.9 Å². The van der Waals surface area contributed by atoms with Crippen molar-refractivity contribution in [1.29, 1.82) is 0 Å². The molecule has 1 aromatic heterocycles. The van der Waals surface area contributed by atoms with Gasteiger partial charge in [-0.15, -0.1) is 10.2 Å². The number of ether oxygens (including phenoxy) is 2. The first-order valence-corrected chi connectivity index (χ1v) is 9.26. The minimum atomic E-state index is 0.156. The van der Waals surface area contributed by atoms with E-state index in [0.717, 1.165) is 35.3 Å². The molecule has 0 aliphatic carbocycles. The second kappa shape index (κ2) is 7.25.